The molecule has 0 aromatic carbocycles. The molecule has 2 N–H and O–H groups in total. The van der Waals surface area contributed by atoms with Crippen molar-refractivity contribution < 1.29 is 14.3 Å². The Balaban J connectivity index is 2.33. The highest BCUT2D eigenvalue weighted by Crippen LogP contribution is 2.09. The molecular formula is C13H27N3O3. The Morgan fingerprint density at radius 2 is 2.05 bits per heavy atom. The van der Waals surface area contributed by atoms with Gasteiger partial charge in [0.05, 0.1) is 6.61 Å². The van der Waals surface area contributed by atoms with Crippen LogP contribution in [-0.2, 0) is 9.47 Å². The van der Waals surface area contributed by atoms with Gasteiger partial charge < -0.3 is 25.0 Å². The molecule has 0 radical (unpaired) electrons. The molecule has 1 rings (SSSR count). The molecule has 0 aliphatic carbocycles. The summed E-state index contributed by atoms with van der Waals surface area (Å²) in [5, 5.41) is 6.59. The third-order valence-corrected chi connectivity index (χ3v) is 2.81. The first-order valence-corrected chi connectivity index (χ1v) is 6.83. The van der Waals surface area contributed by atoms with Crippen LogP contribution >= 0.6 is 0 Å². The summed E-state index contributed by atoms with van der Waals surface area (Å²) in [5.74, 6) is 0. The molecule has 0 atom stereocenters. The standard InChI is InChI=1S/C13H27N3O3/c1-13(2,3)19-12(17)16(7-8-18-4)6-5-15-11-9-14-10-11/h11,14-15H,5-10H2,1-4H3. The Labute approximate surface area is 115 Å². The number of methoxy groups -OCH3 is 1. The highest BCUT2D eigenvalue weighted by Gasteiger charge is 2.22. The average Bonchev–Trinajstić information content (AvgIpc) is 2.23. The largest absolute Gasteiger partial charge is 0.444 e. The van der Waals surface area contributed by atoms with E-state index in [1.165, 1.54) is 0 Å². The number of rotatable bonds is 7. The van der Waals surface area contributed by atoms with Crippen molar-refractivity contribution in [1.29, 1.82) is 0 Å². The minimum Gasteiger partial charge on any atom is -0.444 e. The quantitative estimate of drug-likeness (QED) is 0.704. The fraction of sp³-hybridized carbons (Fsp3) is 0.923. The number of amides is 1. The Hall–Kier alpha value is -0.850. The van der Waals surface area contributed by atoms with E-state index in [9.17, 15) is 4.79 Å². The molecule has 0 saturated carbocycles. The minimum absolute atomic E-state index is 0.280. The van der Waals surface area contributed by atoms with Crippen LogP contribution in [0.5, 0.6) is 0 Å². The number of hydrogen-bond acceptors (Lipinski definition) is 5. The Kier molecular flexibility index (Phi) is 6.54. The number of carbonyl (C=O) groups is 1. The molecule has 6 heteroatoms. The van der Waals surface area contributed by atoms with E-state index in [1.807, 2.05) is 20.8 Å². The van der Waals surface area contributed by atoms with E-state index >= 15 is 0 Å². The molecule has 0 unspecified atom stereocenters. The van der Waals surface area contributed by atoms with Gasteiger partial charge >= 0.3 is 6.09 Å². The van der Waals surface area contributed by atoms with Gasteiger partial charge in [-0.25, -0.2) is 4.79 Å². The van der Waals surface area contributed by atoms with E-state index < -0.39 is 5.60 Å². The fourth-order valence-corrected chi connectivity index (χ4v) is 1.66. The lowest BCUT2D eigenvalue weighted by Gasteiger charge is -2.30. The van der Waals surface area contributed by atoms with E-state index in [2.05, 4.69) is 10.6 Å². The highest BCUT2D eigenvalue weighted by molar-refractivity contribution is 5.68. The molecule has 6 nitrogen and oxygen atoms in total. The molecule has 112 valence electrons. The molecule has 1 fully saturated rings. The predicted molar refractivity (Wildman–Crippen MR) is 74.3 cm³/mol. The van der Waals surface area contributed by atoms with Gasteiger partial charge in [-0.2, -0.15) is 0 Å². The van der Waals surface area contributed by atoms with Gasteiger partial charge in [0, 0.05) is 45.9 Å². The van der Waals surface area contributed by atoms with Crippen LogP contribution < -0.4 is 10.6 Å². The maximum atomic E-state index is 12.0. The topological polar surface area (TPSA) is 62.8 Å². The van der Waals surface area contributed by atoms with E-state index in [0.29, 0.717) is 25.7 Å². The van der Waals surface area contributed by atoms with Crippen LogP contribution in [0.3, 0.4) is 0 Å². The zero-order valence-electron chi connectivity index (χ0n) is 12.5. The number of ether oxygens (including phenoxy) is 2. The van der Waals surface area contributed by atoms with Gasteiger partial charge in [-0.1, -0.05) is 0 Å². The van der Waals surface area contributed by atoms with Gasteiger partial charge in [0.15, 0.2) is 0 Å². The van der Waals surface area contributed by atoms with Crippen LogP contribution in [0.4, 0.5) is 4.79 Å². The van der Waals surface area contributed by atoms with Crippen molar-refractivity contribution in [2.24, 2.45) is 0 Å². The number of hydrogen-bond donors (Lipinski definition) is 2. The lowest BCUT2D eigenvalue weighted by molar-refractivity contribution is 0.0202. The maximum absolute atomic E-state index is 12.0. The summed E-state index contributed by atoms with van der Waals surface area (Å²) in [6.07, 6.45) is -0.280. The van der Waals surface area contributed by atoms with Crippen molar-refractivity contribution in [3.63, 3.8) is 0 Å². The molecule has 1 heterocycles. The van der Waals surface area contributed by atoms with Crippen LogP contribution in [0.25, 0.3) is 0 Å². The van der Waals surface area contributed by atoms with Crippen molar-refractivity contribution >= 4 is 6.09 Å². The lowest BCUT2D eigenvalue weighted by Crippen LogP contribution is -2.56. The van der Waals surface area contributed by atoms with Crippen molar-refractivity contribution in [3.8, 4) is 0 Å². The van der Waals surface area contributed by atoms with Crippen molar-refractivity contribution in [2.45, 2.75) is 32.4 Å². The first-order chi connectivity index (χ1) is 8.92. The van der Waals surface area contributed by atoms with Crippen LogP contribution in [0.2, 0.25) is 0 Å². The monoisotopic (exact) mass is 273 g/mol. The average molecular weight is 273 g/mol. The van der Waals surface area contributed by atoms with Crippen LogP contribution in [0, 0.1) is 0 Å². The predicted octanol–water partition coefficient (Wildman–Crippen LogP) is 0.431. The summed E-state index contributed by atoms with van der Waals surface area (Å²) in [7, 11) is 1.63. The highest BCUT2D eigenvalue weighted by atomic mass is 16.6. The number of nitrogens with one attached hydrogen (secondary N) is 2. The van der Waals surface area contributed by atoms with E-state index in [-0.39, 0.29) is 6.09 Å². The molecule has 0 aromatic heterocycles. The Morgan fingerprint density at radius 3 is 2.53 bits per heavy atom. The fourth-order valence-electron chi connectivity index (χ4n) is 1.66. The van der Waals surface area contributed by atoms with Crippen LogP contribution in [0.1, 0.15) is 20.8 Å². The summed E-state index contributed by atoms with van der Waals surface area (Å²) in [5.41, 5.74) is -0.465. The first-order valence-electron chi connectivity index (χ1n) is 6.83. The summed E-state index contributed by atoms with van der Waals surface area (Å²) in [6, 6.07) is 0.530. The zero-order chi connectivity index (χ0) is 14.3. The van der Waals surface area contributed by atoms with Crippen molar-refractivity contribution in [1.82, 2.24) is 15.5 Å². The zero-order valence-corrected chi connectivity index (χ0v) is 12.5. The molecule has 0 bridgehead atoms. The maximum Gasteiger partial charge on any atom is 0.410 e. The summed E-state index contributed by atoms with van der Waals surface area (Å²) >= 11 is 0. The Morgan fingerprint density at radius 1 is 1.37 bits per heavy atom. The molecular weight excluding hydrogens is 246 g/mol. The molecule has 1 saturated heterocycles. The van der Waals surface area contributed by atoms with Gasteiger partial charge in [0.1, 0.15) is 5.60 Å². The molecule has 1 amide bonds. The number of carbonyl (C=O) groups excluding carboxylic acids is 1. The molecule has 0 spiro atoms. The van der Waals surface area contributed by atoms with Gasteiger partial charge in [-0.3, -0.25) is 0 Å². The van der Waals surface area contributed by atoms with Gasteiger partial charge in [0.2, 0.25) is 0 Å². The second kappa shape index (κ2) is 7.67. The van der Waals surface area contributed by atoms with Crippen molar-refractivity contribution in [3.05, 3.63) is 0 Å². The number of nitrogens with zero attached hydrogens (tertiary/aromatic N) is 1. The third-order valence-electron chi connectivity index (χ3n) is 2.81. The van der Waals surface area contributed by atoms with Gasteiger partial charge in [0.25, 0.3) is 0 Å². The molecule has 1 aliphatic rings. The summed E-state index contributed by atoms with van der Waals surface area (Å²) < 4.78 is 10.4. The summed E-state index contributed by atoms with van der Waals surface area (Å²) in [6.45, 7) is 10.1. The van der Waals surface area contributed by atoms with Gasteiger partial charge in [-0.15, -0.1) is 0 Å². The van der Waals surface area contributed by atoms with Gasteiger partial charge in [-0.05, 0) is 20.8 Å². The SMILES string of the molecule is COCCN(CCNC1CNC1)C(=O)OC(C)(C)C. The van der Waals surface area contributed by atoms with E-state index in [0.717, 1.165) is 19.6 Å². The molecule has 0 aromatic rings. The first kappa shape index (κ1) is 16.2. The smallest absolute Gasteiger partial charge is 0.410 e. The van der Waals surface area contributed by atoms with E-state index in [1.54, 1.807) is 12.0 Å². The lowest BCUT2D eigenvalue weighted by atomic mass is 10.2. The normalized spacial score (nSPS) is 16.0. The minimum atomic E-state index is -0.465. The second-order valence-corrected chi connectivity index (χ2v) is 5.77. The molecule has 19 heavy (non-hydrogen) atoms. The summed E-state index contributed by atoms with van der Waals surface area (Å²) in [4.78, 5) is 13.7. The molecule has 1 aliphatic heterocycles. The Bertz CT molecular complexity index is 275. The van der Waals surface area contributed by atoms with Crippen LogP contribution in [0.15, 0.2) is 0 Å². The van der Waals surface area contributed by atoms with Crippen LogP contribution in [-0.4, -0.2) is 69.1 Å². The van der Waals surface area contributed by atoms with E-state index in [4.69, 9.17) is 9.47 Å². The van der Waals surface area contributed by atoms with Crippen molar-refractivity contribution in [2.75, 3.05) is 46.4 Å². The third kappa shape index (κ3) is 6.75. The second-order valence-electron chi connectivity index (χ2n) is 5.77.